The number of rotatable bonds is 11. The Labute approximate surface area is 287 Å². The molecule has 1 aliphatic carbocycles. The lowest BCUT2D eigenvalue weighted by Gasteiger charge is -2.32. The van der Waals surface area contributed by atoms with Crippen LogP contribution in [0.4, 0.5) is 4.39 Å². The summed E-state index contributed by atoms with van der Waals surface area (Å²) in [6.45, 7) is 7.59. The molecule has 2 amide bonds. The van der Waals surface area contributed by atoms with E-state index in [1.807, 2.05) is 25.1 Å². The van der Waals surface area contributed by atoms with Crippen molar-refractivity contribution in [1.29, 1.82) is 0 Å². The molecule has 2 fully saturated rings. The minimum absolute atomic E-state index is 0.00616. The van der Waals surface area contributed by atoms with Crippen LogP contribution in [0, 0.1) is 12.7 Å². The van der Waals surface area contributed by atoms with Crippen LogP contribution in [0.25, 0.3) is 11.1 Å². The third-order valence-corrected chi connectivity index (χ3v) is 9.68. The summed E-state index contributed by atoms with van der Waals surface area (Å²) in [4.78, 5) is 35.1. The Morgan fingerprint density at radius 3 is 2.24 bits per heavy atom. The molecule has 0 bridgehead atoms. The van der Waals surface area contributed by atoms with Crippen LogP contribution in [0.2, 0.25) is 0 Å². The predicted molar refractivity (Wildman–Crippen MR) is 187 cm³/mol. The second-order valence-electron chi connectivity index (χ2n) is 13.4. The van der Waals surface area contributed by atoms with Gasteiger partial charge >= 0.3 is 0 Å². The molecule has 0 spiro atoms. The molecule has 1 aliphatic heterocycles. The maximum absolute atomic E-state index is 14.3. The van der Waals surface area contributed by atoms with Gasteiger partial charge in [0.2, 0.25) is 5.88 Å². The van der Waals surface area contributed by atoms with Crippen molar-refractivity contribution >= 4 is 11.8 Å². The molecule has 4 aromatic rings. The summed E-state index contributed by atoms with van der Waals surface area (Å²) < 4.78 is 22.1. The number of piperazine rings is 1. The van der Waals surface area contributed by atoms with E-state index in [0.717, 1.165) is 74.6 Å². The molecule has 10 nitrogen and oxygen atoms in total. The van der Waals surface area contributed by atoms with E-state index in [2.05, 4.69) is 61.8 Å². The number of aromatic nitrogens is 3. The average molecular weight is 668 g/mol. The molecule has 1 saturated carbocycles. The fraction of sp³-hybridized carbons (Fsp3) is 0.421. The molecule has 2 aliphatic rings. The summed E-state index contributed by atoms with van der Waals surface area (Å²) in [5.41, 5.74) is 4.68. The van der Waals surface area contributed by atoms with Gasteiger partial charge in [0.1, 0.15) is 22.8 Å². The van der Waals surface area contributed by atoms with Gasteiger partial charge in [0, 0.05) is 51.0 Å². The normalized spacial score (nSPS) is 18.6. The number of ether oxygens (including phenoxy) is 1. The van der Waals surface area contributed by atoms with Crippen LogP contribution in [-0.4, -0.2) is 88.2 Å². The van der Waals surface area contributed by atoms with E-state index in [4.69, 9.17) is 4.74 Å². The van der Waals surface area contributed by atoms with E-state index in [1.165, 1.54) is 5.56 Å². The van der Waals surface area contributed by atoms with Crippen LogP contribution in [0.15, 0.2) is 66.9 Å². The zero-order valence-electron chi connectivity index (χ0n) is 28.6. The van der Waals surface area contributed by atoms with Crippen molar-refractivity contribution in [2.45, 2.75) is 57.5 Å². The molecule has 0 radical (unpaired) electrons. The minimum Gasteiger partial charge on any atom is -0.438 e. The first kappa shape index (κ1) is 34.3. The van der Waals surface area contributed by atoms with E-state index in [0.29, 0.717) is 37.1 Å². The Kier molecular flexibility index (Phi) is 11.0. The molecule has 11 heteroatoms. The highest BCUT2D eigenvalue weighted by atomic mass is 19.1. The molecule has 2 N–H and O–H groups in total. The number of likely N-dealkylation sites (N-methyl/N-ethyl adjacent to an activating group) is 1. The van der Waals surface area contributed by atoms with Crippen LogP contribution in [-0.2, 0) is 13.5 Å². The first-order valence-corrected chi connectivity index (χ1v) is 17.3. The van der Waals surface area contributed by atoms with E-state index < -0.39 is 11.7 Å². The highest BCUT2D eigenvalue weighted by Gasteiger charge is 2.26. The van der Waals surface area contributed by atoms with Gasteiger partial charge in [0.25, 0.3) is 11.8 Å². The van der Waals surface area contributed by atoms with Gasteiger partial charge in [0.15, 0.2) is 0 Å². The molecule has 3 heterocycles. The Morgan fingerprint density at radius 2 is 1.57 bits per heavy atom. The van der Waals surface area contributed by atoms with Gasteiger partial charge in [-0.3, -0.25) is 14.3 Å². The zero-order valence-corrected chi connectivity index (χ0v) is 28.6. The summed E-state index contributed by atoms with van der Waals surface area (Å²) in [5, 5.41) is 10.3. The smallest absolute Gasteiger partial charge is 0.272 e. The highest BCUT2D eigenvalue weighted by molar-refractivity contribution is 5.96. The van der Waals surface area contributed by atoms with Crippen LogP contribution in [0.3, 0.4) is 0 Å². The topological polar surface area (TPSA) is 105 Å². The summed E-state index contributed by atoms with van der Waals surface area (Å²) in [6.07, 6.45) is 5.99. The summed E-state index contributed by atoms with van der Waals surface area (Å²) >= 11 is 0. The van der Waals surface area contributed by atoms with Gasteiger partial charge in [-0.2, -0.15) is 5.10 Å². The second-order valence-corrected chi connectivity index (χ2v) is 13.4. The van der Waals surface area contributed by atoms with Gasteiger partial charge in [-0.15, -0.1) is 0 Å². The Bertz CT molecular complexity index is 1720. The molecule has 2 aromatic heterocycles. The molecule has 258 valence electrons. The summed E-state index contributed by atoms with van der Waals surface area (Å²) in [7, 11) is 3.99. The molecule has 0 unspecified atom stereocenters. The van der Waals surface area contributed by atoms with Crippen LogP contribution < -0.4 is 15.4 Å². The number of amides is 2. The molecule has 1 saturated heterocycles. The van der Waals surface area contributed by atoms with Gasteiger partial charge in [-0.25, -0.2) is 9.37 Å². The van der Waals surface area contributed by atoms with Gasteiger partial charge in [0.05, 0.1) is 6.20 Å². The maximum Gasteiger partial charge on any atom is 0.272 e. The number of hydrogen-bond acceptors (Lipinski definition) is 7. The zero-order chi connectivity index (χ0) is 34.3. The van der Waals surface area contributed by atoms with Crippen LogP contribution in [0.5, 0.6) is 11.6 Å². The monoisotopic (exact) mass is 667 g/mol. The Hall–Kier alpha value is -4.61. The van der Waals surface area contributed by atoms with Crippen molar-refractivity contribution in [3.05, 3.63) is 95.2 Å². The number of carbonyl (C=O) groups is 2. The van der Waals surface area contributed by atoms with E-state index >= 15 is 0 Å². The first-order chi connectivity index (χ1) is 23.7. The molecule has 6 rings (SSSR count). The Morgan fingerprint density at radius 1 is 0.878 bits per heavy atom. The fourth-order valence-corrected chi connectivity index (χ4v) is 6.54. The highest BCUT2D eigenvalue weighted by Crippen LogP contribution is 2.29. The number of nitrogens with zero attached hydrogens (tertiary/aromatic N) is 5. The summed E-state index contributed by atoms with van der Waals surface area (Å²) in [6, 6.07) is 19.0. The van der Waals surface area contributed by atoms with Crippen LogP contribution in [0.1, 0.15) is 64.2 Å². The largest absolute Gasteiger partial charge is 0.438 e. The average Bonchev–Trinajstić information content (AvgIpc) is 3.45. The Balaban J connectivity index is 1.02. The predicted octanol–water partition coefficient (Wildman–Crippen LogP) is 5.37. The first-order valence-electron chi connectivity index (χ1n) is 17.3. The van der Waals surface area contributed by atoms with Gasteiger partial charge < -0.3 is 25.2 Å². The SMILES string of the molecule is Cc1cc(C(=O)N[C@H]2CC[C@@H](NC(=O)c3cc(F)cnc3Oc3cccc(-c4ccc(CCCN5CCN(C)CC5)cc4)c3)CC2)nn1C. The van der Waals surface area contributed by atoms with Crippen molar-refractivity contribution in [1.82, 2.24) is 35.2 Å². The molecular formula is C38H46FN7O3. The number of halogens is 1. The second kappa shape index (κ2) is 15.7. The molecule has 0 atom stereocenters. The minimum atomic E-state index is -0.619. The number of pyridine rings is 1. The van der Waals surface area contributed by atoms with Gasteiger partial charge in [-0.1, -0.05) is 36.4 Å². The number of hydrogen-bond donors (Lipinski definition) is 2. The van der Waals surface area contributed by atoms with Crippen molar-refractivity contribution in [2.75, 3.05) is 39.8 Å². The van der Waals surface area contributed by atoms with E-state index in [1.54, 1.807) is 23.9 Å². The lowest BCUT2D eigenvalue weighted by Crippen LogP contribution is -2.44. The maximum atomic E-state index is 14.3. The number of nitrogens with one attached hydrogen (secondary N) is 2. The number of aryl methyl sites for hydroxylation is 3. The standard InChI is InChI=1S/C38H46FN7O3/c1-26-22-35(43-45(26)3)37(48)42-32-15-13-31(14-16-32)41-36(47)34-24-30(39)25-40-38(34)49-33-8-4-7-29(23-33)28-11-9-27(10-12-28)6-5-17-46-20-18-44(2)19-21-46/h4,7-12,22-25,31-32H,5-6,13-21H2,1-3H3,(H,41,47)(H,42,48)/t31-,32+. The summed E-state index contributed by atoms with van der Waals surface area (Å²) in [5.74, 6) is -0.722. The van der Waals surface area contributed by atoms with E-state index in [9.17, 15) is 14.0 Å². The number of benzene rings is 2. The molecule has 2 aromatic carbocycles. The van der Waals surface area contributed by atoms with Crippen molar-refractivity contribution in [2.24, 2.45) is 7.05 Å². The number of carbonyl (C=O) groups excluding carboxylic acids is 2. The lowest BCUT2D eigenvalue weighted by molar-refractivity contribution is 0.0887. The fourth-order valence-electron chi connectivity index (χ4n) is 6.54. The van der Waals surface area contributed by atoms with Crippen molar-refractivity contribution in [3.8, 4) is 22.8 Å². The quantitative estimate of drug-likeness (QED) is 0.222. The third kappa shape index (κ3) is 9.10. The van der Waals surface area contributed by atoms with Gasteiger partial charge in [-0.05, 0) is 100.0 Å². The molecular weight excluding hydrogens is 621 g/mol. The van der Waals surface area contributed by atoms with Crippen molar-refractivity contribution in [3.63, 3.8) is 0 Å². The van der Waals surface area contributed by atoms with Crippen LogP contribution >= 0.6 is 0 Å². The van der Waals surface area contributed by atoms with Crippen molar-refractivity contribution < 1.29 is 18.7 Å². The third-order valence-electron chi connectivity index (χ3n) is 9.68. The van der Waals surface area contributed by atoms with E-state index in [-0.39, 0.29) is 29.4 Å². The lowest BCUT2D eigenvalue weighted by atomic mass is 9.91. The molecule has 49 heavy (non-hydrogen) atoms.